The maximum Gasteiger partial charge on any atom is 0.333 e. The molecule has 3 nitrogen and oxygen atoms in total. The monoisotopic (exact) mass is 781 g/mol. The highest BCUT2D eigenvalue weighted by Crippen LogP contribution is 2.49. The Balaban J connectivity index is 1.21. The minimum Gasteiger partial charge on any atom is -0.376 e. The van der Waals surface area contributed by atoms with Gasteiger partial charge in [-0.05, 0) is 116 Å². The van der Waals surface area contributed by atoms with Gasteiger partial charge in [-0.1, -0.05) is 158 Å². The Labute approximate surface area is 353 Å². The maximum absolute atomic E-state index is 2.84. The fraction of sp³-hybridized carbons (Fsp3) is 0.0182. The molecule has 0 atom stereocenters. The predicted octanol–water partition coefficient (Wildman–Crippen LogP) is 9.86. The Bertz CT molecular complexity index is 2990. The van der Waals surface area contributed by atoms with Crippen molar-refractivity contribution in [2.75, 3.05) is 14.6 Å². The first kappa shape index (κ1) is 34.7. The quantitative estimate of drug-likeness (QED) is 0.156. The number of fused-ring (bicyclic) bond motifs is 6. The molecule has 0 aromatic heterocycles. The van der Waals surface area contributed by atoms with Crippen molar-refractivity contribution in [3.05, 3.63) is 230 Å². The normalized spacial score (nSPS) is 13.8. The van der Waals surface area contributed by atoms with Crippen molar-refractivity contribution in [1.29, 1.82) is 0 Å². The molecule has 12 rings (SSSR count). The Morgan fingerprint density at radius 1 is 0.433 bits per heavy atom. The first-order valence-corrected chi connectivity index (χ1v) is 22.9. The second-order valence-corrected chi connectivity index (χ2v) is 19.9. The zero-order valence-corrected chi connectivity index (χ0v) is 34.3. The van der Waals surface area contributed by atoms with Gasteiger partial charge >= 0.3 is 6.85 Å². The summed E-state index contributed by atoms with van der Waals surface area (Å²) >= 11 is 0. The molecule has 282 valence electrons. The number of anilines is 8. The van der Waals surface area contributed by atoms with Crippen LogP contribution in [-0.2, 0) is 0 Å². The SMILES string of the molecule is Cc1cc2c3c(c1)N(c1ccccc1)c1ccc(N(c4ccccc4)c4ccccc4)cc1B3N1c3ccccc3[Si](c3ccccc3)(c3ccccc3)c3cccc-2c31. The molecule has 0 unspecified atom stereocenters. The Kier molecular flexibility index (Phi) is 7.87. The van der Waals surface area contributed by atoms with E-state index in [0.717, 1.165) is 22.7 Å². The van der Waals surface area contributed by atoms with Gasteiger partial charge in [0, 0.05) is 51.1 Å². The van der Waals surface area contributed by atoms with E-state index in [1.54, 1.807) is 0 Å². The summed E-state index contributed by atoms with van der Waals surface area (Å²) in [5, 5.41) is 5.65. The number of hydrogen-bond acceptors (Lipinski definition) is 3. The summed E-state index contributed by atoms with van der Waals surface area (Å²) < 4.78 is 0. The third-order valence-corrected chi connectivity index (χ3v) is 17.7. The van der Waals surface area contributed by atoms with Crippen LogP contribution in [-0.4, -0.2) is 14.9 Å². The number of rotatable bonds is 6. The average Bonchev–Trinajstić information content (AvgIpc) is 3.31. The van der Waals surface area contributed by atoms with Crippen LogP contribution in [0.15, 0.2) is 224 Å². The number of nitrogens with zero attached hydrogens (tertiary/aromatic N) is 3. The molecule has 3 heterocycles. The largest absolute Gasteiger partial charge is 0.376 e. The zero-order valence-electron chi connectivity index (χ0n) is 33.3. The summed E-state index contributed by atoms with van der Waals surface area (Å²) in [5.74, 6) is 0. The molecule has 0 radical (unpaired) electrons. The topological polar surface area (TPSA) is 9.72 Å². The van der Waals surface area contributed by atoms with E-state index in [1.165, 1.54) is 71.1 Å². The number of benzene rings is 9. The maximum atomic E-state index is 2.73. The van der Waals surface area contributed by atoms with Crippen LogP contribution in [0.25, 0.3) is 11.1 Å². The number of hydrogen-bond donors (Lipinski definition) is 0. The molecule has 0 aliphatic carbocycles. The van der Waals surface area contributed by atoms with Crippen LogP contribution < -0.4 is 46.3 Å². The molecule has 3 aliphatic heterocycles. The van der Waals surface area contributed by atoms with Crippen LogP contribution >= 0.6 is 0 Å². The molecule has 3 aliphatic rings. The summed E-state index contributed by atoms with van der Waals surface area (Å²) in [4.78, 5) is 7.64. The molecular formula is C55H40BN3Si. The molecule has 9 aromatic carbocycles. The first-order valence-electron chi connectivity index (χ1n) is 20.9. The first-order chi connectivity index (χ1) is 29.7. The van der Waals surface area contributed by atoms with E-state index < -0.39 is 8.07 Å². The van der Waals surface area contributed by atoms with Crippen molar-refractivity contribution in [2.45, 2.75) is 6.92 Å². The van der Waals surface area contributed by atoms with Crippen LogP contribution in [0.2, 0.25) is 0 Å². The molecule has 0 amide bonds. The fourth-order valence-electron chi connectivity index (χ4n) is 10.6. The second kappa shape index (κ2) is 13.6. The van der Waals surface area contributed by atoms with Gasteiger partial charge in [-0.3, -0.25) is 0 Å². The van der Waals surface area contributed by atoms with E-state index >= 15 is 0 Å². The Morgan fingerprint density at radius 3 is 1.65 bits per heavy atom. The van der Waals surface area contributed by atoms with Crippen molar-refractivity contribution < 1.29 is 0 Å². The highest BCUT2D eigenvalue weighted by Gasteiger charge is 2.54. The molecule has 0 saturated heterocycles. The molecular weight excluding hydrogens is 742 g/mol. The van der Waals surface area contributed by atoms with Crippen LogP contribution in [0.1, 0.15) is 5.56 Å². The minimum absolute atomic E-state index is 0.104. The van der Waals surface area contributed by atoms with E-state index in [-0.39, 0.29) is 6.85 Å². The van der Waals surface area contributed by atoms with Gasteiger partial charge in [-0.15, -0.1) is 0 Å². The van der Waals surface area contributed by atoms with Gasteiger partial charge in [0.2, 0.25) is 0 Å². The fourth-order valence-corrected chi connectivity index (χ4v) is 15.8. The summed E-state index contributed by atoms with van der Waals surface area (Å²) in [6.45, 7) is 2.15. The van der Waals surface area contributed by atoms with E-state index in [9.17, 15) is 0 Å². The molecule has 0 spiro atoms. The highest BCUT2D eigenvalue weighted by molar-refractivity contribution is 7.22. The van der Waals surface area contributed by atoms with Gasteiger partial charge in [0.05, 0.1) is 0 Å². The molecule has 0 fully saturated rings. The van der Waals surface area contributed by atoms with Crippen LogP contribution in [0.4, 0.5) is 45.5 Å². The third kappa shape index (κ3) is 4.96. The Hall–Kier alpha value is -7.34. The average molecular weight is 782 g/mol. The molecule has 0 saturated carbocycles. The van der Waals surface area contributed by atoms with Crippen LogP contribution in [0.3, 0.4) is 0 Å². The lowest BCUT2D eigenvalue weighted by molar-refractivity contribution is 1.24. The highest BCUT2D eigenvalue weighted by atomic mass is 28.3. The van der Waals surface area contributed by atoms with Gasteiger partial charge in [0.15, 0.2) is 8.07 Å². The molecule has 60 heavy (non-hydrogen) atoms. The van der Waals surface area contributed by atoms with Gasteiger partial charge in [-0.2, -0.15) is 0 Å². The second-order valence-electron chi connectivity index (χ2n) is 16.1. The summed E-state index contributed by atoms with van der Waals surface area (Å²) in [6, 6.07) is 83.7. The minimum atomic E-state index is -2.84. The summed E-state index contributed by atoms with van der Waals surface area (Å²) in [6.07, 6.45) is 0. The van der Waals surface area contributed by atoms with E-state index in [0.29, 0.717) is 0 Å². The Morgan fingerprint density at radius 2 is 1.00 bits per heavy atom. The van der Waals surface area contributed by atoms with Crippen LogP contribution in [0, 0.1) is 6.92 Å². The lowest BCUT2D eigenvalue weighted by Gasteiger charge is -2.52. The smallest absolute Gasteiger partial charge is 0.333 e. The van der Waals surface area contributed by atoms with Crippen molar-refractivity contribution in [3.63, 3.8) is 0 Å². The number of para-hydroxylation sites is 5. The summed E-state index contributed by atoms with van der Waals surface area (Å²) in [7, 11) is -2.84. The van der Waals surface area contributed by atoms with E-state index in [1.807, 2.05) is 0 Å². The van der Waals surface area contributed by atoms with E-state index in [2.05, 4.69) is 246 Å². The van der Waals surface area contributed by atoms with Gasteiger partial charge < -0.3 is 14.6 Å². The molecule has 9 aromatic rings. The lowest BCUT2D eigenvalue weighted by atomic mass is 9.43. The van der Waals surface area contributed by atoms with Gasteiger partial charge in [0.1, 0.15) is 0 Å². The van der Waals surface area contributed by atoms with Crippen molar-refractivity contribution in [2.24, 2.45) is 0 Å². The van der Waals surface area contributed by atoms with E-state index in [4.69, 9.17) is 0 Å². The van der Waals surface area contributed by atoms with Crippen molar-refractivity contribution >= 4 is 92.1 Å². The lowest BCUT2D eigenvalue weighted by Crippen LogP contribution is -2.79. The molecule has 5 heteroatoms. The standard InChI is InChI=1S/C55H40BN3Si/c1-39-36-47-46-30-19-33-53-55(46)59(50-31-17-18-32-52(50)60(53,44-26-13-5-14-27-44)45-28-15-6-16-29-45)56-48-38-43(57(40-20-7-2-8-21-40)41-22-9-3-10-23-41)34-35-49(48)58(51(37-39)54(47)56)42-24-11-4-12-25-42/h2-38H,1H3. The van der Waals surface area contributed by atoms with Crippen molar-refractivity contribution in [3.8, 4) is 11.1 Å². The van der Waals surface area contributed by atoms with Crippen LogP contribution in [0.5, 0.6) is 0 Å². The summed E-state index contributed by atoms with van der Waals surface area (Å²) in [5.41, 5.74) is 16.0. The van der Waals surface area contributed by atoms with Gasteiger partial charge in [0.25, 0.3) is 0 Å². The van der Waals surface area contributed by atoms with Gasteiger partial charge in [-0.25, -0.2) is 0 Å². The number of aryl methyl sites for hydroxylation is 1. The molecule has 0 bridgehead atoms. The predicted molar refractivity (Wildman–Crippen MR) is 257 cm³/mol. The third-order valence-electron chi connectivity index (χ3n) is 12.9. The zero-order chi connectivity index (χ0) is 39.8. The molecule has 0 N–H and O–H groups in total. The van der Waals surface area contributed by atoms with Crippen molar-refractivity contribution in [1.82, 2.24) is 0 Å².